The summed E-state index contributed by atoms with van der Waals surface area (Å²) >= 11 is 0. The first kappa shape index (κ1) is 15.1. The molecular formula is C20H31N. The molecule has 116 valence electrons. The molecule has 2 aliphatic carbocycles. The molecule has 3 rings (SSSR count). The van der Waals surface area contributed by atoms with Crippen molar-refractivity contribution in [3.63, 3.8) is 0 Å². The van der Waals surface area contributed by atoms with Gasteiger partial charge in [-0.05, 0) is 56.0 Å². The van der Waals surface area contributed by atoms with Gasteiger partial charge in [0, 0.05) is 11.5 Å². The van der Waals surface area contributed by atoms with Crippen molar-refractivity contribution in [1.82, 2.24) is 5.32 Å². The maximum Gasteiger partial charge on any atom is 0.0192 e. The van der Waals surface area contributed by atoms with Gasteiger partial charge in [0.15, 0.2) is 0 Å². The molecule has 0 amide bonds. The van der Waals surface area contributed by atoms with Gasteiger partial charge in [0.1, 0.15) is 0 Å². The highest BCUT2D eigenvalue weighted by Crippen LogP contribution is 2.54. The molecule has 1 aromatic carbocycles. The molecule has 0 spiro atoms. The summed E-state index contributed by atoms with van der Waals surface area (Å²) in [5, 5.41) is 3.96. The van der Waals surface area contributed by atoms with E-state index >= 15 is 0 Å². The molecular weight excluding hydrogens is 254 g/mol. The minimum atomic E-state index is 0.443. The van der Waals surface area contributed by atoms with Crippen LogP contribution in [0.15, 0.2) is 30.3 Å². The molecule has 0 bridgehead atoms. The Labute approximate surface area is 130 Å². The highest BCUT2D eigenvalue weighted by molar-refractivity contribution is 5.34. The van der Waals surface area contributed by atoms with Crippen molar-refractivity contribution in [2.75, 3.05) is 6.54 Å². The van der Waals surface area contributed by atoms with Gasteiger partial charge in [-0.15, -0.1) is 0 Å². The molecule has 3 unspecified atom stereocenters. The van der Waals surface area contributed by atoms with E-state index in [1.165, 1.54) is 51.5 Å². The van der Waals surface area contributed by atoms with Crippen LogP contribution in [-0.2, 0) is 5.41 Å². The van der Waals surface area contributed by atoms with Crippen LogP contribution in [0.1, 0.15) is 64.4 Å². The molecule has 0 heterocycles. The third-order valence-electron chi connectivity index (χ3n) is 5.80. The van der Waals surface area contributed by atoms with Gasteiger partial charge in [-0.1, -0.05) is 57.0 Å². The lowest BCUT2D eigenvalue weighted by Crippen LogP contribution is -2.47. The van der Waals surface area contributed by atoms with Gasteiger partial charge < -0.3 is 5.32 Å². The molecule has 1 aromatic rings. The van der Waals surface area contributed by atoms with E-state index in [0.29, 0.717) is 11.5 Å². The van der Waals surface area contributed by atoms with E-state index in [9.17, 15) is 0 Å². The molecule has 0 aliphatic heterocycles. The third-order valence-corrected chi connectivity index (χ3v) is 5.80. The third kappa shape index (κ3) is 3.18. The van der Waals surface area contributed by atoms with Gasteiger partial charge in [0.25, 0.3) is 0 Å². The standard InChI is InChI=1S/C20H31N/c1-3-14-21-19(17-9-7-8-16(2)15-17)20(12-13-20)18-10-5-4-6-11-18/h4-6,10-11,16-17,19,21H,3,7-9,12-15H2,1-2H3. The van der Waals surface area contributed by atoms with Gasteiger partial charge in [-0.2, -0.15) is 0 Å². The first-order valence-corrected chi connectivity index (χ1v) is 9.05. The Morgan fingerprint density at radius 1 is 1.19 bits per heavy atom. The Kier molecular flexibility index (Phi) is 4.69. The molecule has 1 nitrogen and oxygen atoms in total. The Morgan fingerprint density at radius 2 is 1.95 bits per heavy atom. The fraction of sp³-hybridized carbons (Fsp3) is 0.700. The van der Waals surface area contributed by atoms with E-state index in [1.807, 2.05) is 0 Å². The zero-order chi connectivity index (χ0) is 14.7. The Morgan fingerprint density at radius 3 is 2.57 bits per heavy atom. The SMILES string of the molecule is CCCNC(C1CCCC(C)C1)C1(c2ccccc2)CC1. The molecule has 2 fully saturated rings. The number of rotatable bonds is 6. The number of benzene rings is 1. The average molecular weight is 285 g/mol. The molecule has 2 saturated carbocycles. The predicted octanol–water partition coefficient (Wildman–Crippen LogP) is 4.91. The predicted molar refractivity (Wildman–Crippen MR) is 90.6 cm³/mol. The summed E-state index contributed by atoms with van der Waals surface area (Å²) < 4.78 is 0. The van der Waals surface area contributed by atoms with Crippen LogP contribution in [0.2, 0.25) is 0 Å². The summed E-state index contributed by atoms with van der Waals surface area (Å²) in [7, 11) is 0. The van der Waals surface area contributed by atoms with E-state index in [1.54, 1.807) is 5.56 Å². The Hall–Kier alpha value is -0.820. The number of hydrogen-bond donors (Lipinski definition) is 1. The van der Waals surface area contributed by atoms with Gasteiger partial charge in [-0.25, -0.2) is 0 Å². The summed E-state index contributed by atoms with van der Waals surface area (Å²) in [5.74, 6) is 1.80. The molecule has 1 N–H and O–H groups in total. The summed E-state index contributed by atoms with van der Waals surface area (Å²) in [6.07, 6.45) is 9.73. The minimum absolute atomic E-state index is 0.443. The summed E-state index contributed by atoms with van der Waals surface area (Å²) in [6.45, 7) is 5.91. The molecule has 0 saturated heterocycles. The largest absolute Gasteiger partial charge is 0.313 e. The first-order valence-electron chi connectivity index (χ1n) is 9.05. The van der Waals surface area contributed by atoms with Crippen molar-refractivity contribution in [3.05, 3.63) is 35.9 Å². The highest BCUT2D eigenvalue weighted by atomic mass is 15.0. The van der Waals surface area contributed by atoms with Crippen LogP contribution in [0, 0.1) is 11.8 Å². The monoisotopic (exact) mass is 285 g/mol. The first-order chi connectivity index (χ1) is 10.3. The van der Waals surface area contributed by atoms with Crippen LogP contribution in [0.3, 0.4) is 0 Å². The zero-order valence-electron chi connectivity index (χ0n) is 13.8. The van der Waals surface area contributed by atoms with Crippen LogP contribution in [0.5, 0.6) is 0 Å². The quantitative estimate of drug-likeness (QED) is 0.783. The summed E-state index contributed by atoms with van der Waals surface area (Å²) in [6, 6.07) is 12.0. The maximum absolute atomic E-state index is 3.96. The topological polar surface area (TPSA) is 12.0 Å². The average Bonchev–Trinajstić information content (AvgIpc) is 3.30. The smallest absolute Gasteiger partial charge is 0.0192 e. The lowest BCUT2D eigenvalue weighted by atomic mass is 9.72. The normalized spacial score (nSPS) is 29.0. The lowest BCUT2D eigenvalue weighted by molar-refractivity contribution is 0.194. The van der Waals surface area contributed by atoms with Crippen LogP contribution in [0.25, 0.3) is 0 Å². The van der Waals surface area contributed by atoms with Gasteiger partial charge in [0.2, 0.25) is 0 Å². The second-order valence-electron chi connectivity index (χ2n) is 7.49. The van der Waals surface area contributed by atoms with Crippen molar-refractivity contribution in [1.29, 1.82) is 0 Å². The van der Waals surface area contributed by atoms with Crippen molar-refractivity contribution < 1.29 is 0 Å². The summed E-state index contributed by atoms with van der Waals surface area (Å²) in [5.41, 5.74) is 2.02. The van der Waals surface area contributed by atoms with Gasteiger partial charge >= 0.3 is 0 Å². The number of hydrogen-bond acceptors (Lipinski definition) is 1. The minimum Gasteiger partial charge on any atom is -0.313 e. The molecule has 0 radical (unpaired) electrons. The number of nitrogens with one attached hydrogen (secondary N) is 1. The molecule has 3 atom stereocenters. The van der Waals surface area contributed by atoms with Crippen LogP contribution >= 0.6 is 0 Å². The van der Waals surface area contributed by atoms with E-state index in [4.69, 9.17) is 0 Å². The van der Waals surface area contributed by atoms with Crippen molar-refractivity contribution in [2.24, 2.45) is 11.8 Å². The van der Waals surface area contributed by atoms with E-state index in [0.717, 1.165) is 11.8 Å². The maximum atomic E-state index is 3.96. The highest BCUT2D eigenvalue weighted by Gasteiger charge is 2.52. The second-order valence-corrected chi connectivity index (χ2v) is 7.49. The van der Waals surface area contributed by atoms with E-state index in [-0.39, 0.29) is 0 Å². The fourth-order valence-electron chi connectivity index (χ4n) is 4.58. The van der Waals surface area contributed by atoms with Crippen molar-refractivity contribution in [2.45, 2.75) is 70.3 Å². The zero-order valence-corrected chi connectivity index (χ0v) is 13.8. The van der Waals surface area contributed by atoms with Crippen molar-refractivity contribution in [3.8, 4) is 0 Å². The van der Waals surface area contributed by atoms with E-state index in [2.05, 4.69) is 49.5 Å². The second kappa shape index (κ2) is 6.52. The van der Waals surface area contributed by atoms with Gasteiger partial charge in [-0.3, -0.25) is 0 Å². The molecule has 21 heavy (non-hydrogen) atoms. The van der Waals surface area contributed by atoms with Gasteiger partial charge in [0.05, 0.1) is 0 Å². The van der Waals surface area contributed by atoms with Crippen LogP contribution in [0.4, 0.5) is 0 Å². The molecule has 2 aliphatic rings. The fourth-order valence-corrected chi connectivity index (χ4v) is 4.58. The molecule has 0 aromatic heterocycles. The van der Waals surface area contributed by atoms with Crippen LogP contribution < -0.4 is 5.32 Å². The Bertz CT molecular complexity index is 434. The van der Waals surface area contributed by atoms with Crippen molar-refractivity contribution >= 4 is 0 Å². The lowest BCUT2D eigenvalue weighted by Gasteiger charge is -2.39. The van der Waals surface area contributed by atoms with E-state index < -0.39 is 0 Å². The Balaban J connectivity index is 1.81. The van der Waals surface area contributed by atoms with Crippen LogP contribution in [-0.4, -0.2) is 12.6 Å². The summed E-state index contributed by atoms with van der Waals surface area (Å²) in [4.78, 5) is 0. The molecule has 1 heteroatoms.